The maximum absolute atomic E-state index is 5.49. The third kappa shape index (κ3) is 5.09. The van der Waals surface area contributed by atoms with Crippen LogP contribution in [0.1, 0.15) is 29.1 Å². The Labute approximate surface area is 111 Å². The molecule has 0 bridgehead atoms. The molecule has 6 nitrogen and oxygen atoms in total. The molecule has 2 rings (SSSR count). The van der Waals surface area contributed by atoms with E-state index in [0.29, 0.717) is 11.6 Å². The van der Waals surface area contributed by atoms with Crippen LogP contribution >= 0.6 is 11.6 Å². The molecule has 0 aliphatic rings. The Balaban J connectivity index is 0.000000180. The van der Waals surface area contributed by atoms with Gasteiger partial charge in [0.1, 0.15) is 29.1 Å². The third-order valence-corrected chi connectivity index (χ3v) is 1.97. The topological polar surface area (TPSA) is 77.3 Å². The number of aromatic nitrogens is 6. The van der Waals surface area contributed by atoms with Crippen molar-refractivity contribution < 1.29 is 0 Å². The van der Waals surface area contributed by atoms with E-state index in [0.717, 1.165) is 17.5 Å². The Morgan fingerprint density at radius 2 is 0.722 bits per heavy atom. The van der Waals surface area contributed by atoms with Crippen molar-refractivity contribution in [1.29, 1.82) is 0 Å². The molecular formula is C11H15ClN6. The number of rotatable bonds is 0. The molecule has 0 atom stereocenters. The second-order valence-corrected chi connectivity index (χ2v) is 4.01. The summed E-state index contributed by atoms with van der Waals surface area (Å²) in [7, 11) is 0. The number of aryl methyl sites for hydroxylation is 5. The third-order valence-electron chi connectivity index (χ3n) is 1.80. The van der Waals surface area contributed by atoms with Gasteiger partial charge in [0, 0.05) is 0 Å². The van der Waals surface area contributed by atoms with Crippen LogP contribution in [0.3, 0.4) is 0 Å². The van der Waals surface area contributed by atoms with Gasteiger partial charge in [-0.3, -0.25) is 0 Å². The summed E-state index contributed by atoms with van der Waals surface area (Å²) in [6.45, 7) is 9.14. The van der Waals surface area contributed by atoms with Gasteiger partial charge in [-0.25, -0.2) is 29.9 Å². The van der Waals surface area contributed by atoms with Crippen molar-refractivity contribution in [3.8, 4) is 0 Å². The van der Waals surface area contributed by atoms with E-state index in [1.807, 2.05) is 20.8 Å². The molecule has 0 fully saturated rings. The van der Waals surface area contributed by atoms with Crippen LogP contribution in [0.2, 0.25) is 5.28 Å². The predicted molar refractivity (Wildman–Crippen MR) is 68.3 cm³/mol. The van der Waals surface area contributed by atoms with Gasteiger partial charge in [0.25, 0.3) is 0 Å². The molecule has 0 radical (unpaired) electrons. The molecule has 0 saturated carbocycles. The molecule has 0 aromatic carbocycles. The van der Waals surface area contributed by atoms with Gasteiger partial charge in [-0.1, -0.05) is 0 Å². The molecule has 96 valence electrons. The summed E-state index contributed by atoms with van der Waals surface area (Å²) in [6.07, 6.45) is 0. The highest BCUT2D eigenvalue weighted by Crippen LogP contribution is 1.98. The zero-order chi connectivity index (χ0) is 13.7. The Bertz CT molecular complexity index is 393. The lowest BCUT2D eigenvalue weighted by molar-refractivity contribution is 0.875. The Morgan fingerprint density at radius 3 is 0.944 bits per heavy atom. The number of nitrogens with zero attached hydrogens (tertiary/aromatic N) is 6. The molecule has 0 aliphatic carbocycles. The summed E-state index contributed by atoms with van der Waals surface area (Å²) >= 11 is 5.49. The van der Waals surface area contributed by atoms with Gasteiger partial charge in [-0.15, -0.1) is 0 Å². The van der Waals surface area contributed by atoms with Crippen molar-refractivity contribution in [2.45, 2.75) is 34.6 Å². The summed E-state index contributed by atoms with van der Waals surface area (Å²) in [5.41, 5.74) is 0. The van der Waals surface area contributed by atoms with Gasteiger partial charge in [0.05, 0.1) is 0 Å². The van der Waals surface area contributed by atoms with E-state index in [4.69, 9.17) is 11.6 Å². The van der Waals surface area contributed by atoms with Gasteiger partial charge in [0.15, 0.2) is 0 Å². The molecule has 2 heterocycles. The van der Waals surface area contributed by atoms with E-state index >= 15 is 0 Å². The van der Waals surface area contributed by atoms with Crippen LogP contribution in [0.25, 0.3) is 0 Å². The maximum atomic E-state index is 5.49. The Hall–Kier alpha value is -1.69. The molecule has 0 aliphatic heterocycles. The predicted octanol–water partition coefficient (Wildman–Crippen LogP) is 1.94. The van der Waals surface area contributed by atoms with Crippen LogP contribution in [0.4, 0.5) is 0 Å². The minimum absolute atomic E-state index is 0.264. The minimum Gasteiger partial charge on any atom is -0.219 e. The van der Waals surface area contributed by atoms with Crippen molar-refractivity contribution >= 4 is 11.6 Å². The van der Waals surface area contributed by atoms with Crippen LogP contribution in [-0.2, 0) is 0 Å². The average molecular weight is 267 g/mol. The van der Waals surface area contributed by atoms with Crippen molar-refractivity contribution in [2.75, 3.05) is 0 Å². The number of hydrogen-bond donors (Lipinski definition) is 0. The molecule has 0 amide bonds. The van der Waals surface area contributed by atoms with Crippen LogP contribution in [-0.4, -0.2) is 29.9 Å². The first-order valence-electron chi connectivity index (χ1n) is 5.37. The minimum atomic E-state index is 0.264. The molecule has 0 N–H and O–H groups in total. The zero-order valence-electron chi connectivity index (χ0n) is 11.1. The normalized spacial score (nSPS) is 9.67. The largest absolute Gasteiger partial charge is 0.225 e. The van der Waals surface area contributed by atoms with E-state index in [9.17, 15) is 0 Å². The van der Waals surface area contributed by atoms with Crippen molar-refractivity contribution in [3.63, 3.8) is 0 Å². The Morgan fingerprint density at radius 1 is 0.500 bits per heavy atom. The smallest absolute Gasteiger partial charge is 0.219 e. The van der Waals surface area contributed by atoms with Gasteiger partial charge in [-0.2, -0.15) is 0 Å². The summed E-state index contributed by atoms with van der Waals surface area (Å²) in [5.74, 6) is 3.69. The van der Waals surface area contributed by atoms with Gasteiger partial charge in [0.2, 0.25) is 5.28 Å². The van der Waals surface area contributed by atoms with E-state index < -0.39 is 0 Å². The van der Waals surface area contributed by atoms with E-state index in [-0.39, 0.29) is 5.28 Å². The molecule has 18 heavy (non-hydrogen) atoms. The lowest BCUT2D eigenvalue weighted by atomic mass is 10.6. The average Bonchev–Trinajstić information content (AvgIpc) is 2.12. The summed E-state index contributed by atoms with van der Waals surface area (Å²) in [6, 6.07) is 0. The molecule has 7 heteroatoms. The lowest BCUT2D eigenvalue weighted by Crippen LogP contribution is -1.97. The first kappa shape index (κ1) is 14.4. The van der Waals surface area contributed by atoms with E-state index in [1.165, 1.54) is 0 Å². The van der Waals surface area contributed by atoms with Gasteiger partial charge < -0.3 is 0 Å². The number of hydrogen-bond acceptors (Lipinski definition) is 6. The SMILES string of the molecule is Cc1nc(C)nc(C)n1.Cc1nc(C)nc(Cl)n1. The highest BCUT2D eigenvalue weighted by molar-refractivity contribution is 6.28. The molecular weight excluding hydrogens is 252 g/mol. The van der Waals surface area contributed by atoms with Crippen molar-refractivity contribution in [1.82, 2.24) is 29.9 Å². The summed E-state index contributed by atoms with van der Waals surface area (Å²) < 4.78 is 0. The fourth-order valence-electron chi connectivity index (χ4n) is 1.35. The fraction of sp³-hybridized carbons (Fsp3) is 0.455. The first-order chi connectivity index (χ1) is 8.36. The van der Waals surface area contributed by atoms with Crippen LogP contribution < -0.4 is 0 Å². The zero-order valence-corrected chi connectivity index (χ0v) is 11.8. The molecule has 2 aromatic heterocycles. The standard InChI is InChI=1S/C6H9N3.C5H6ClN3/c1-4-7-5(2)9-6(3)8-4;1-3-7-4(2)9-5(6)8-3/h1-3H3;1-2H3. The monoisotopic (exact) mass is 266 g/mol. The van der Waals surface area contributed by atoms with E-state index in [2.05, 4.69) is 29.9 Å². The van der Waals surface area contributed by atoms with Crippen molar-refractivity contribution in [3.05, 3.63) is 34.4 Å². The van der Waals surface area contributed by atoms with Crippen LogP contribution in [0, 0.1) is 34.6 Å². The molecule has 0 spiro atoms. The van der Waals surface area contributed by atoms with Crippen LogP contribution in [0.5, 0.6) is 0 Å². The molecule has 2 aromatic rings. The van der Waals surface area contributed by atoms with Crippen molar-refractivity contribution in [2.24, 2.45) is 0 Å². The van der Waals surface area contributed by atoms with Gasteiger partial charge in [-0.05, 0) is 46.2 Å². The Kier molecular flexibility index (Phi) is 5.03. The van der Waals surface area contributed by atoms with E-state index in [1.54, 1.807) is 13.8 Å². The second kappa shape index (κ2) is 6.30. The second-order valence-electron chi connectivity index (χ2n) is 3.68. The summed E-state index contributed by atoms with van der Waals surface area (Å²) in [4.78, 5) is 23.5. The quantitative estimate of drug-likeness (QED) is 0.725. The van der Waals surface area contributed by atoms with Gasteiger partial charge >= 0.3 is 0 Å². The first-order valence-corrected chi connectivity index (χ1v) is 5.75. The highest BCUT2D eigenvalue weighted by atomic mass is 35.5. The number of halogens is 1. The molecule has 0 unspecified atom stereocenters. The lowest BCUT2D eigenvalue weighted by Gasteiger charge is -1.94. The highest BCUT2D eigenvalue weighted by Gasteiger charge is 1.94. The summed E-state index contributed by atoms with van der Waals surface area (Å²) in [5, 5.41) is 0.264. The molecule has 0 saturated heterocycles. The van der Waals surface area contributed by atoms with Crippen LogP contribution in [0.15, 0.2) is 0 Å². The fourth-order valence-corrected chi connectivity index (χ4v) is 1.60. The maximum Gasteiger partial charge on any atom is 0.225 e.